The monoisotopic (exact) mass is 506 g/mol. The number of aromatic nitrogens is 3. The zero-order chi connectivity index (χ0) is 27.0. The molecule has 1 amide bonds. The highest BCUT2D eigenvalue weighted by molar-refractivity contribution is 5.70. The van der Waals surface area contributed by atoms with Crippen LogP contribution in [0.15, 0.2) is 18.3 Å². The molecular formula is C25H33F3N6O2. The van der Waals surface area contributed by atoms with Crippen LogP contribution in [-0.4, -0.2) is 31.0 Å². The molecule has 11 heteroatoms. The minimum atomic E-state index is -4.51. The largest absolute Gasteiger partial charge is 0.444 e. The van der Waals surface area contributed by atoms with Crippen molar-refractivity contribution >= 4 is 23.4 Å². The molecule has 3 heterocycles. The third-order valence-electron chi connectivity index (χ3n) is 5.67. The van der Waals surface area contributed by atoms with Crippen molar-refractivity contribution in [2.24, 2.45) is 0 Å². The molecule has 4 rings (SSSR count). The van der Waals surface area contributed by atoms with Crippen molar-refractivity contribution in [3.05, 3.63) is 52.0 Å². The molecule has 1 aliphatic heterocycles. The summed E-state index contributed by atoms with van der Waals surface area (Å²) in [6.07, 6.45) is -3.28. The highest BCUT2D eigenvalue weighted by atomic mass is 19.4. The number of halogens is 3. The topological polar surface area (TPSA) is 97.8 Å². The molecule has 0 bridgehead atoms. The Morgan fingerprint density at radius 3 is 2.44 bits per heavy atom. The molecule has 0 saturated carbocycles. The lowest BCUT2D eigenvalue weighted by atomic mass is 10.0. The fourth-order valence-corrected chi connectivity index (χ4v) is 4.09. The van der Waals surface area contributed by atoms with Crippen molar-refractivity contribution in [1.29, 1.82) is 0 Å². The molecule has 0 unspecified atom stereocenters. The zero-order valence-electron chi connectivity index (χ0n) is 21.7. The van der Waals surface area contributed by atoms with Gasteiger partial charge in [0.05, 0.1) is 30.5 Å². The Bertz CT molecular complexity index is 1280. The highest BCUT2D eigenvalue weighted by Crippen LogP contribution is 2.36. The number of nitrogens with two attached hydrogens (primary N) is 1. The number of benzene rings is 1. The molecule has 0 saturated heterocycles. The van der Waals surface area contributed by atoms with E-state index in [2.05, 4.69) is 15.3 Å². The summed E-state index contributed by atoms with van der Waals surface area (Å²) in [5, 5.41) is 3.15. The third kappa shape index (κ3) is 5.50. The first-order chi connectivity index (χ1) is 16.7. The van der Waals surface area contributed by atoms with Gasteiger partial charge in [-0.15, -0.1) is 0 Å². The summed E-state index contributed by atoms with van der Waals surface area (Å²) in [5.41, 5.74) is 7.32. The van der Waals surface area contributed by atoms with E-state index in [9.17, 15) is 18.0 Å². The summed E-state index contributed by atoms with van der Waals surface area (Å²) in [5.74, 6) is 0.889. The van der Waals surface area contributed by atoms with Crippen LogP contribution in [0, 0.1) is 13.8 Å². The normalized spacial score (nSPS) is 13.3. The quantitative estimate of drug-likeness (QED) is 0.434. The van der Waals surface area contributed by atoms with Crippen molar-refractivity contribution in [1.82, 2.24) is 19.3 Å². The van der Waals surface area contributed by atoms with Crippen LogP contribution in [0.4, 0.5) is 29.5 Å². The molecule has 8 nitrogen and oxygen atoms in total. The van der Waals surface area contributed by atoms with Crippen molar-refractivity contribution in [2.75, 3.05) is 11.1 Å². The summed E-state index contributed by atoms with van der Waals surface area (Å²) < 4.78 is 47.6. The number of imidazole rings is 1. The van der Waals surface area contributed by atoms with Gasteiger partial charge in [-0.2, -0.15) is 18.2 Å². The smallest absolute Gasteiger partial charge is 0.416 e. The Morgan fingerprint density at radius 1 is 1.17 bits per heavy atom. The second-order valence-corrected chi connectivity index (χ2v) is 9.46. The number of amides is 1. The number of anilines is 2. The lowest BCUT2D eigenvalue weighted by Gasteiger charge is -2.24. The Morgan fingerprint density at radius 2 is 1.83 bits per heavy atom. The van der Waals surface area contributed by atoms with Gasteiger partial charge in [-0.1, -0.05) is 13.8 Å². The average Bonchev–Trinajstić information content (AvgIpc) is 3.37. The summed E-state index contributed by atoms with van der Waals surface area (Å²) in [6, 6.07) is 2.45. The second kappa shape index (κ2) is 9.87. The number of aryl methyl sites for hydroxylation is 1. The van der Waals surface area contributed by atoms with Crippen LogP contribution >= 0.6 is 0 Å². The van der Waals surface area contributed by atoms with Crippen LogP contribution < -0.4 is 11.1 Å². The van der Waals surface area contributed by atoms with E-state index in [1.165, 1.54) is 13.0 Å². The lowest BCUT2D eigenvalue weighted by molar-refractivity contribution is -0.138. The SMILES string of the molecule is CC.Cc1c(CNc2nc3ncc(C)n3c3c2CN(C(=O)OC(C)(C)C)C3)cc(N)cc1C(F)(F)F. The van der Waals surface area contributed by atoms with Gasteiger partial charge in [0.25, 0.3) is 0 Å². The van der Waals surface area contributed by atoms with Crippen LogP contribution in [0.3, 0.4) is 0 Å². The predicted molar refractivity (Wildman–Crippen MR) is 132 cm³/mol. The first-order valence-corrected chi connectivity index (χ1v) is 11.8. The number of nitrogens with one attached hydrogen (secondary N) is 1. The summed E-state index contributed by atoms with van der Waals surface area (Å²) >= 11 is 0. The number of alkyl halides is 3. The van der Waals surface area contributed by atoms with Gasteiger partial charge < -0.3 is 15.8 Å². The molecule has 0 fully saturated rings. The van der Waals surface area contributed by atoms with E-state index >= 15 is 0 Å². The summed E-state index contributed by atoms with van der Waals surface area (Å²) in [4.78, 5) is 23.2. The number of hydrogen-bond acceptors (Lipinski definition) is 6. The number of nitrogens with zero attached hydrogens (tertiary/aromatic N) is 4. The molecule has 3 N–H and O–H groups in total. The lowest BCUT2D eigenvalue weighted by Crippen LogP contribution is -2.33. The van der Waals surface area contributed by atoms with Gasteiger partial charge in [-0.05, 0) is 57.9 Å². The molecule has 1 aliphatic rings. The molecular weight excluding hydrogens is 473 g/mol. The van der Waals surface area contributed by atoms with Crippen LogP contribution in [0.1, 0.15) is 68.3 Å². The van der Waals surface area contributed by atoms with E-state index in [4.69, 9.17) is 10.5 Å². The molecule has 2 aromatic heterocycles. The second-order valence-electron chi connectivity index (χ2n) is 9.46. The molecule has 196 valence electrons. The fraction of sp³-hybridized carbons (Fsp3) is 0.480. The van der Waals surface area contributed by atoms with Gasteiger partial charge in [-0.25, -0.2) is 9.78 Å². The Kier molecular flexibility index (Phi) is 7.42. The van der Waals surface area contributed by atoms with Crippen LogP contribution in [-0.2, 0) is 30.5 Å². The van der Waals surface area contributed by atoms with Gasteiger partial charge in [0.1, 0.15) is 11.4 Å². The zero-order valence-corrected chi connectivity index (χ0v) is 21.7. The Hall–Kier alpha value is -3.50. The molecule has 0 aliphatic carbocycles. The number of carbonyl (C=O) groups is 1. The van der Waals surface area contributed by atoms with Crippen LogP contribution in [0.2, 0.25) is 0 Å². The molecule has 0 spiro atoms. The fourth-order valence-electron chi connectivity index (χ4n) is 4.09. The van der Waals surface area contributed by atoms with Gasteiger partial charge in [0, 0.05) is 23.5 Å². The first-order valence-electron chi connectivity index (χ1n) is 11.8. The van der Waals surface area contributed by atoms with E-state index in [0.717, 1.165) is 23.0 Å². The van der Waals surface area contributed by atoms with Crippen molar-refractivity contribution in [2.45, 2.75) is 79.9 Å². The number of hydrogen-bond donors (Lipinski definition) is 2. The molecule has 1 aromatic carbocycles. The summed E-state index contributed by atoms with van der Waals surface area (Å²) in [7, 11) is 0. The summed E-state index contributed by atoms with van der Waals surface area (Å²) in [6.45, 7) is 13.3. The Balaban J connectivity index is 0.00000176. The maximum atomic E-state index is 13.4. The highest BCUT2D eigenvalue weighted by Gasteiger charge is 2.34. The molecule has 0 radical (unpaired) electrons. The molecule has 36 heavy (non-hydrogen) atoms. The van der Waals surface area contributed by atoms with E-state index < -0.39 is 23.4 Å². The maximum Gasteiger partial charge on any atom is 0.416 e. The van der Waals surface area contributed by atoms with Gasteiger partial charge in [-0.3, -0.25) is 9.30 Å². The molecule has 0 atom stereocenters. The molecule has 3 aromatic rings. The number of carbonyl (C=O) groups excluding carboxylic acids is 1. The van der Waals surface area contributed by atoms with Gasteiger partial charge >= 0.3 is 12.3 Å². The third-order valence-corrected chi connectivity index (χ3v) is 5.67. The van der Waals surface area contributed by atoms with Gasteiger partial charge in [0.2, 0.25) is 5.78 Å². The van der Waals surface area contributed by atoms with Crippen molar-refractivity contribution < 1.29 is 22.7 Å². The van der Waals surface area contributed by atoms with Crippen molar-refractivity contribution in [3.63, 3.8) is 0 Å². The number of fused-ring (bicyclic) bond motifs is 3. The minimum Gasteiger partial charge on any atom is -0.444 e. The van der Waals surface area contributed by atoms with Crippen LogP contribution in [0.5, 0.6) is 0 Å². The number of nitrogen functional groups attached to an aromatic ring is 1. The van der Waals surface area contributed by atoms with Crippen LogP contribution in [0.25, 0.3) is 5.78 Å². The maximum absolute atomic E-state index is 13.4. The van der Waals surface area contributed by atoms with Gasteiger partial charge in [0.15, 0.2) is 0 Å². The van der Waals surface area contributed by atoms with E-state index in [0.29, 0.717) is 23.7 Å². The Labute approximate surface area is 208 Å². The van der Waals surface area contributed by atoms with E-state index in [1.807, 2.05) is 25.2 Å². The van der Waals surface area contributed by atoms with Crippen molar-refractivity contribution in [3.8, 4) is 0 Å². The standard InChI is InChI=1S/C23H27F3N6O2.C2H6/c1-12-8-29-20-30-19(28-9-14-6-15(27)7-17(13(14)2)23(24,25)26)16-10-31(11-18(16)32(12)20)21(33)34-22(3,4)5;1-2/h6-8H,9-11,27H2,1-5H3,(H,28,29,30);1-2H3. The van der Waals surface area contributed by atoms with E-state index in [-0.39, 0.29) is 24.3 Å². The number of rotatable bonds is 3. The van der Waals surface area contributed by atoms with E-state index in [1.54, 1.807) is 31.9 Å². The average molecular weight is 507 g/mol. The minimum absolute atomic E-state index is 0.0309. The number of ether oxygens (including phenoxy) is 1. The first kappa shape index (κ1) is 27.1. The predicted octanol–water partition coefficient (Wildman–Crippen LogP) is 5.84.